The van der Waals surface area contributed by atoms with Crippen molar-refractivity contribution in [2.75, 3.05) is 31.5 Å². The molecular weight excluding hydrogens is 377 g/mol. The number of carbonyl (C=O) groups is 1. The first-order valence-corrected chi connectivity index (χ1v) is 10.0. The number of piperidine rings is 1. The summed E-state index contributed by atoms with van der Waals surface area (Å²) in [6.45, 7) is 3.65. The number of nitrogens with one attached hydrogen (secondary N) is 2. The van der Waals surface area contributed by atoms with E-state index in [1.807, 2.05) is 11.3 Å². The third-order valence-electron chi connectivity index (χ3n) is 4.42. The number of halogens is 2. The minimum atomic E-state index is -0.230. The Morgan fingerprint density at radius 3 is 2.68 bits per heavy atom. The summed E-state index contributed by atoms with van der Waals surface area (Å²) in [6.07, 6.45) is 2.38. The molecule has 0 radical (unpaired) electrons. The summed E-state index contributed by atoms with van der Waals surface area (Å²) < 4.78 is 0. The summed E-state index contributed by atoms with van der Waals surface area (Å²) in [5, 5.41) is 8.69. The fraction of sp³-hybridized carbons (Fsp3) is 0.389. The maximum atomic E-state index is 11.9. The largest absolute Gasteiger partial charge is 0.337 e. The fourth-order valence-electron chi connectivity index (χ4n) is 3.04. The Balaban J connectivity index is 1.35. The van der Waals surface area contributed by atoms with E-state index >= 15 is 0 Å². The maximum absolute atomic E-state index is 11.9. The third kappa shape index (κ3) is 5.35. The van der Waals surface area contributed by atoms with Gasteiger partial charge in [0.2, 0.25) is 0 Å². The van der Waals surface area contributed by atoms with E-state index in [1.165, 1.54) is 17.7 Å². The Hall–Kier alpha value is -1.27. The van der Waals surface area contributed by atoms with Gasteiger partial charge in [-0.15, -0.1) is 11.3 Å². The number of likely N-dealkylation sites (tertiary alicyclic amines) is 1. The number of urea groups is 1. The molecule has 3 rings (SSSR count). The van der Waals surface area contributed by atoms with Crippen LogP contribution in [0.1, 0.15) is 23.6 Å². The lowest BCUT2D eigenvalue weighted by Gasteiger charge is -2.31. The summed E-state index contributed by atoms with van der Waals surface area (Å²) >= 11 is 13.7. The zero-order valence-electron chi connectivity index (χ0n) is 13.8. The molecule has 2 aromatic rings. The SMILES string of the molecule is O=C(NCCN1CCC(c2cccs2)CC1)Nc1ccc(Cl)c(Cl)c1. The highest BCUT2D eigenvalue weighted by molar-refractivity contribution is 7.10. The summed E-state index contributed by atoms with van der Waals surface area (Å²) in [4.78, 5) is 15.8. The van der Waals surface area contributed by atoms with Crippen molar-refractivity contribution in [3.63, 3.8) is 0 Å². The summed E-state index contributed by atoms with van der Waals surface area (Å²) in [6, 6.07) is 9.16. The number of carbonyl (C=O) groups excluding carboxylic acids is 1. The average Bonchev–Trinajstić information content (AvgIpc) is 3.13. The standard InChI is InChI=1S/C18H21Cl2N3OS/c19-15-4-3-14(12-16(15)20)22-18(24)21-7-10-23-8-5-13(6-9-23)17-2-1-11-25-17/h1-4,11-13H,5-10H2,(H2,21,22,24). The van der Waals surface area contributed by atoms with E-state index in [2.05, 4.69) is 33.0 Å². The highest BCUT2D eigenvalue weighted by Crippen LogP contribution is 2.30. The van der Waals surface area contributed by atoms with Crippen LogP contribution in [0.5, 0.6) is 0 Å². The van der Waals surface area contributed by atoms with Gasteiger partial charge in [0.15, 0.2) is 0 Å². The van der Waals surface area contributed by atoms with E-state index in [4.69, 9.17) is 23.2 Å². The van der Waals surface area contributed by atoms with Gasteiger partial charge in [0.25, 0.3) is 0 Å². The molecule has 0 aliphatic carbocycles. The number of thiophene rings is 1. The Morgan fingerprint density at radius 2 is 2.00 bits per heavy atom. The summed E-state index contributed by atoms with van der Waals surface area (Å²) in [7, 11) is 0. The van der Waals surface area contributed by atoms with Crippen molar-refractivity contribution in [1.82, 2.24) is 10.2 Å². The number of hydrogen-bond acceptors (Lipinski definition) is 3. The van der Waals surface area contributed by atoms with Crippen LogP contribution < -0.4 is 10.6 Å². The number of amides is 2. The number of benzene rings is 1. The topological polar surface area (TPSA) is 44.4 Å². The van der Waals surface area contributed by atoms with Gasteiger partial charge in [0, 0.05) is 23.7 Å². The lowest BCUT2D eigenvalue weighted by Crippen LogP contribution is -2.40. The molecule has 2 N–H and O–H groups in total. The van der Waals surface area contributed by atoms with Crippen molar-refractivity contribution in [2.24, 2.45) is 0 Å². The number of nitrogens with zero attached hydrogens (tertiary/aromatic N) is 1. The van der Waals surface area contributed by atoms with Gasteiger partial charge >= 0.3 is 6.03 Å². The molecule has 2 amide bonds. The first-order valence-electron chi connectivity index (χ1n) is 8.37. The Kier molecular flexibility index (Phi) is 6.59. The second-order valence-electron chi connectivity index (χ2n) is 6.14. The van der Waals surface area contributed by atoms with Gasteiger partial charge in [-0.05, 0) is 61.5 Å². The fourth-order valence-corrected chi connectivity index (χ4v) is 4.24. The van der Waals surface area contributed by atoms with Crippen LogP contribution in [0.3, 0.4) is 0 Å². The molecule has 4 nitrogen and oxygen atoms in total. The number of anilines is 1. The predicted octanol–water partition coefficient (Wildman–Crippen LogP) is 5.06. The second-order valence-corrected chi connectivity index (χ2v) is 7.93. The molecule has 2 heterocycles. The first kappa shape index (κ1) is 18.5. The van der Waals surface area contributed by atoms with Crippen molar-refractivity contribution >= 4 is 46.3 Å². The number of rotatable bonds is 5. The van der Waals surface area contributed by atoms with Gasteiger partial charge < -0.3 is 15.5 Å². The Labute approximate surface area is 162 Å². The molecule has 1 saturated heterocycles. The first-order chi connectivity index (χ1) is 12.1. The van der Waals surface area contributed by atoms with E-state index < -0.39 is 0 Å². The van der Waals surface area contributed by atoms with Crippen LogP contribution in [0, 0.1) is 0 Å². The van der Waals surface area contributed by atoms with Gasteiger partial charge in [-0.3, -0.25) is 0 Å². The molecular formula is C18H21Cl2N3OS. The quantitative estimate of drug-likeness (QED) is 0.740. The van der Waals surface area contributed by atoms with Crippen molar-refractivity contribution in [1.29, 1.82) is 0 Å². The van der Waals surface area contributed by atoms with Crippen molar-refractivity contribution in [3.8, 4) is 0 Å². The Bertz CT molecular complexity index is 700. The smallest absolute Gasteiger partial charge is 0.319 e. The lowest BCUT2D eigenvalue weighted by molar-refractivity contribution is 0.212. The van der Waals surface area contributed by atoms with Crippen LogP contribution in [0.15, 0.2) is 35.7 Å². The van der Waals surface area contributed by atoms with Gasteiger partial charge in [-0.1, -0.05) is 29.3 Å². The molecule has 0 spiro atoms. The molecule has 0 bridgehead atoms. The van der Waals surface area contributed by atoms with E-state index in [0.717, 1.165) is 19.6 Å². The van der Waals surface area contributed by atoms with Crippen molar-refractivity contribution in [2.45, 2.75) is 18.8 Å². The summed E-state index contributed by atoms with van der Waals surface area (Å²) in [5.74, 6) is 0.696. The summed E-state index contributed by atoms with van der Waals surface area (Å²) in [5.41, 5.74) is 0.628. The van der Waals surface area contributed by atoms with Crippen LogP contribution in [0.2, 0.25) is 10.0 Å². The Morgan fingerprint density at radius 1 is 1.20 bits per heavy atom. The van der Waals surface area contributed by atoms with E-state index in [9.17, 15) is 4.79 Å². The molecule has 1 aliphatic heterocycles. The highest BCUT2D eigenvalue weighted by Gasteiger charge is 2.20. The normalized spacial score (nSPS) is 15.9. The van der Waals surface area contributed by atoms with Gasteiger partial charge in [-0.25, -0.2) is 4.79 Å². The zero-order chi connectivity index (χ0) is 17.6. The minimum absolute atomic E-state index is 0.230. The highest BCUT2D eigenvalue weighted by atomic mass is 35.5. The molecule has 1 aliphatic rings. The molecule has 1 aromatic carbocycles. The van der Waals surface area contributed by atoms with Crippen molar-refractivity contribution in [3.05, 3.63) is 50.6 Å². The molecule has 134 valence electrons. The molecule has 1 fully saturated rings. The van der Waals surface area contributed by atoms with Crippen molar-refractivity contribution < 1.29 is 4.79 Å². The predicted molar refractivity (Wildman–Crippen MR) is 106 cm³/mol. The molecule has 0 unspecified atom stereocenters. The van der Waals surface area contributed by atoms with Gasteiger partial charge in [0.05, 0.1) is 10.0 Å². The third-order valence-corrected chi connectivity index (χ3v) is 6.20. The molecule has 0 atom stereocenters. The van der Waals surface area contributed by atoms with Crippen LogP contribution in [-0.4, -0.2) is 37.1 Å². The number of hydrogen-bond donors (Lipinski definition) is 2. The van der Waals surface area contributed by atoms with Gasteiger partial charge in [0.1, 0.15) is 0 Å². The van der Waals surface area contributed by atoms with E-state index in [0.29, 0.717) is 28.2 Å². The molecule has 1 aromatic heterocycles. The lowest BCUT2D eigenvalue weighted by atomic mass is 9.95. The molecule has 7 heteroatoms. The average molecular weight is 398 g/mol. The van der Waals surface area contributed by atoms with E-state index in [-0.39, 0.29) is 6.03 Å². The van der Waals surface area contributed by atoms with Crippen LogP contribution >= 0.6 is 34.5 Å². The molecule has 25 heavy (non-hydrogen) atoms. The zero-order valence-corrected chi connectivity index (χ0v) is 16.1. The van der Waals surface area contributed by atoms with Gasteiger partial charge in [-0.2, -0.15) is 0 Å². The van der Waals surface area contributed by atoms with Crippen LogP contribution in [0.4, 0.5) is 10.5 Å². The van der Waals surface area contributed by atoms with E-state index in [1.54, 1.807) is 18.2 Å². The van der Waals surface area contributed by atoms with Crippen LogP contribution in [-0.2, 0) is 0 Å². The van der Waals surface area contributed by atoms with Crippen LogP contribution in [0.25, 0.3) is 0 Å². The minimum Gasteiger partial charge on any atom is -0.337 e. The molecule has 0 saturated carbocycles. The second kappa shape index (κ2) is 8.90. The monoisotopic (exact) mass is 397 g/mol. The maximum Gasteiger partial charge on any atom is 0.319 e.